The molecular weight excluding hydrogens is 524 g/mol. The first kappa shape index (κ1) is 25.8. The highest BCUT2D eigenvalue weighted by atomic mass is 16.7. The lowest BCUT2D eigenvalue weighted by molar-refractivity contribution is -0.335. The molecule has 0 aromatic heterocycles. The van der Waals surface area contributed by atoms with E-state index in [-0.39, 0.29) is 31.5 Å². The Kier molecular flexibility index (Phi) is 4.50. The molecule has 2 aliphatic carbocycles. The van der Waals surface area contributed by atoms with Crippen molar-refractivity contribution in [3.05, 3.63) is 0 Å². The van der Waals surface area contributed by atoms with Crippen molar-refractivity contribution < 1.29 is 53.1 Å². The Bertz CT molecular complexity index is 1290. The van der Waals surface area contributed by atoms with Gasteiger partial charge in [-0.1, -0.05) is 13.8 Å². The fraction of sp³-hybridized carbons (Fsp3) is 0.862. The van der Waals surface area contributed by atoms with Gasteiger partial charge in [0.05, 0.1) is 29.1 Å². The molecule has 40 heavy (non-hydrogen) atoms. The number of carbonyl (C=O) groups excluding carboxylic acids is 4. The third-order valence-electron chi connectivity index (χ3n) is 12.4. The lowest BCUT2D eigenvalue weighted by Gasteiger charge is -2.50. The molecule has 6 heterocycles. The van der Waals surface area contributed by atoms with Gasteiger partial charge in [-0.3, -0.25) is 19.2 Å². The Morgan fingerprint density at radius 2 is 1.65 bits per heavy atom. The fourth-order valence-electron chi connectivity index (χ4n) is 10.9. The maximum absolute atomic E-state index is 14.8. The van der Waals surface area contributed by atoms with Gasteiger partial charge in [0.2, 0.25) is 17.4 Å². The zero-order valence-corrected chi connectivity index (χ0v) is 23.3. The molecule has 0 aromatic rings. The first-order valence-corrected chi connectivity index (χ1v) is 14.6. The molecule has 11 nitrogen and oxygen atoms in total. The third-order valence-corrected chi connectivity index (χ3v) is 12.4. The van der Waals surface area contributed by atoms with Gasteiger partial charge in [0.25, 0.3) is 0 Å². The summed E-state index contributed by atoms with van der Waals surface area (Å²) in [6.45, 7) is 8.91. The minimum Gasteiger partial charge on any atom is -0.459 e. The summed E-state index contributed by atoms with van der Waals surface area (Å²) in [5, 5.41) is 23.6. The maximum atomic E-state index is 14.8. The summed E-state index contributed by atoms with van der Waals surface area (Å²) >= 11 is 0. The summed E-state index contributed by atoms with van der Waals surface area (Å²) in [4.78, 5) is 54.2. The van der Waals surface area contributed by atoms with Crippen LogP contribution in [0.15, 0.2) is 0 Å². The normalized spacial score (nSPS) is 60.6. The summed E-state index contributed by atoms with van der Waals surface area (Å²) in [5.41, 5.74) is -4.96. The molecule has 0 radical (unpaired) electrons. The topological polar surface area (TPSA) is 155 Å². The van der Waals surface area contributed by atoms with Gasteiger partial charge in [-0.05, 0) is 40.0 Å². The number of ether oxygens (including phenoxy) is 5. The van der Waals surface area contributed by atoms with Gasteiger partial charge in [0, 0.05) is 35.5 Å². The highest BCUT2D eigenvalue weighted by molar-refractivity contribution is 5.97. The molecular formula is C29H36O11. The highest BCUT2D eigenvalue weighted by Gasteiger charge is 2.85. The molecule has 8 fully saturated rings. The molecule has 0 amide bonds. The van der Waals surface area contributed by atoms with Crippen LogP contribution in [-0.2, 0) is 42.9 Å². The second-order valence-corrected chi connectivity index (χ2v) is 14.6. The van der Waals surface area contributed by atoms with E-state index < -0.39 is 105 Å². The lowest BCUT2D eigenvalue weighted by Crippen LogP contribution is -2.64. The molecule has 2 N–H and O–H groups in total. The quantitative estimate of drug-likeness (QED) is 0.404. The summed E-state index contributed by atoms with van der Waals surface area (Å²) in [6.07, 6.45) is -2.60. The number of aliphatic hydroxyl groups is 2. The van der Waals surface area contributed by atoms with E-state index >= 15 is 0 Å². The van der Waals surface area contributed by atoms with Crippen molar-refractivity contribution in [2.45, 2.75) is 113 Å². The van der Waals surface area contributed by atoms with E-state index in [1.807, 2.05) is 13.8 Å². The number of esters is 2. The molecule has 0 aromatic carbocycles. The van der Waals surface area contributed by atoms with Crippen molar-refractivity contribution in [1.82, 2.24) is 0 Å². The number of fused-ring (bicyclic) bond motifs is 2. The number of carbonyl (C=O) groups is 4. The lowest BCUT2D eigenvalue weighted by atomic mass is 9.60. The van der Waals surface area contributed by atoms with Crippen molar-refractivity contribution >= 4 is 23.5 Å². The molecule has 14 atom stereocenters. The maximum Gasteiger partial charge on any atom is 0.312 e. The van der Waals surface area contributed by atoms with Gasteiger partial charge in [-0.15, -0.1) is 0 Å². The SMILES string of the molecule is C[C@@H]1C(=O)O[C@H]2[C@@H]1O[C@]13O[C@@]4(CC[C@]5(C)C(=O)[C@@H](C)[C@H]2[C@H]15)C[C@]12OC(=O)C[C@@]1(O)OC(C)(C)[C@@H]2C[C@H](O)[C@H]4C3=O. The molecule has 2 bridgehead atoms. The fourth-order valence-corrected chi connectivity index (χ4v) is 10.9. The average Bonchev–Trinajstić information content (AvgIpc) is 3.41. The molecule has 0 unspecified atom stereocenters. The van der Waals surface area contributed by atoms with Crippen LogP contribution < -0.4 is 0 Å². The van der Waals surface area contributed by atoms with E-state index in [2.05, 4.69) is 0 Å². The van der Waals surface area contributed by atoms with Gasteiger partial charge in [-0.25, -0.2) is 0 Å². The minimum atomic E-state index is -1.97. The molecule has 8 rings (SSSR count). The van der Waals surface area contributed by atoms with E-state index in [4.69, 9.17) is 23.7 Å². The predicted octanol–water partition coefficient (Wildman–Crippen LogP) is 0.803. The zero-order valence-electron chi connectivity index (χ0n) is 23.3. The number of ketones is 2. The second-order valence-electron chi connectivity index (χ2n) is 14.6. The smallest absolute Gasteiger partial charge is 0.312 e. The van der Waals surface area contributed by atoms with Crippen LogP contribution in [0, 0.1) is 40.9 Å². The van der Waals surface area contributed by atoms with Crippen LogP contribution in [0.2, 0.25) is 0 Å². The Balaban J connectivity index is 1.33. The highest BCUT2D eigenvalue weighted by Crippen LogP contribution is 2.72. The Morgan fingerprint density at radius 3 is 2.38 bits per heavy atom. The van der Waals surface area contributed by atoms with Crippen LogP contribution in [0.5, 0.6) is 0 Å². The van der Waals surface area contributed by atoms with Gasteiger partial charge in [-0.2, -0.15) is 0 Å². The Morgan fingerprint density at radius 1 is 0.925 bits per heavy atom. The molecule has 6 aliphatic heterocycles. The Hall–Kier alpha value is -1.92. The van der Waals surface area contributed by atoms with E-state index in [9.17, 15) is 29.4 Å². The molecule has 2 saturated carbocycles. The molecule has 8 aliphatic rings. The first-order chi connectivity index (χ1) is 18.6. The standard InChI is InChI=1S/C29H36O11/c1-11-16-19-18(12(2)23(34)36-19)38-29-20(16)25(5,21(11)32)6-7-26(40-29)10-27-14(8-13(30)17(26)22(29)33)24(3,4)39-28(27,35)9-15(31)37-27/h11-14,16-20,30,35H,6-10H2,1-5H3/t11-,12-,13-,14-,16+,17-,18+,19+,20-,25-,26-,27+,28+,29-/m0/s1. The van der Waals surface area contributed by atoms with E-state index in [0.717, 1.165) is 0 Å². The van der Waals surface area contributed by atoms with E-state index in [1.165, 1.54) is 0 Å². The molecule has 218 valence electrons. The predicted molar refractivity (Wildman–Crippen MR) is 130 cm³/mol. The van der Waals surface area contributed by atoms with Crippen molar-refractivity contribution in [3.8, 4) is 0 Å². The van der Waals surface area contributed by atoms with Crippen LogP contribution in [-0.4, -0.2) is 80.4 Å². The summed E-state index contributed by atoms with van der Waals surface area (Å²) in [6, 6.07) is 0. The molecule has 3 spiro atoms. The third kappa shape index (κ3) is 2.51. The van der Waals surface area contributed by atoms with Gasteiger partial charge >= 0.3 is 11.9 Å². The monoisotopic (exact) mass is 560 g/mol. The summed E-state index contributed by atoms with van der Waals surface area (Å²) < 4.78 is 31.4. The van der Waals surface area contributed by atoms with Gasteiger partial charge in [0.15, 0.2) is 5.60 Å². The van der Waals surface area contributed by atoms with Crippen LogP contribution >= 0.6 is 0 Å². The van der Waals surface area contributed by atoms with Crippen molar-refractivity contribution in [2.24, 2.45) is 40.9 Å². The number of aliphatic hydroxyl groups excluding tert-OH is 1. The number of rotatable bonds is 0. The van der Waals surface area contributed by atoms with Crippen LogP contribution in [0.4, 0.5) is 0 Å². The van der Waals surface area contributed by atoms with Gasteiger partial charge in [0.1, 0.15) is 24.4 Å². The van der Waals surface area contributed by atoms with E-state index in [0.29, 0.717) is 6.42 Å². The zero-order chi connectivity index (χ0) is 28.6. The van der Waals surface area contributed by atoms with Crippen molar-refractivity contribution in [3.63, 3.8) is 0 Å². The number of hydrogen-bond donors (Lipinski definition) is 2. The summed E-state index contributed by atoms with van der Waals surface area (Å²) in [5.74, 6) is -9.48. The minimum absolute atomic E-state index is 0.0297. The van der Waals surface area contributed by atoms with Crippen LogP contribution in [0.1, 0.15) is 66.7 Å². The summed E-state index contributed by atoms with van der Waals surface area (Å²) in [7, 11) is 0. The average molecular weight is 561 g/mol. The molecule has 11 heteroatoms. The van der Waals surface area contributed by atoms with E-state index in [1.54, 1.807) is 20.8 Å². The Labute approximate surface area is 231 Å². The number of Topliss-reactive ketones (excluding diaryl/α,β-unsaturated/α-hetero) is 2. The van der Waals surface area contributed by atoms with Crippen molar-refractivity contribution in [1.29, 1.82) is 0 Å². The first-order valence-electron chi connectivity index (χ1n) is 14.6. The van der Waals surface area contributed by atoms with Crippen LogP contribution in [0.25, 0.3) is 0 Å². The largest absolute Gasteiger partial charge is 0.459 e. The van der Waals surface area contributed by atoms with Crippen molar-refractivity contribution in [2.75, 3.05) is 0 Å². The van der Waals surface area contributed by atoms with Gasteiger partial charge < -0.3 is 33.9 Å². The van der Waals surface area contributed by atoms with Crippen LogP contribution in [0.3, 0.4) is 0 Å². The second kappa shape index (κ2) is 6.99. The number of hydrogen-bond acceptors (Lipinski definition) is 11. The molecule has 6 saturated heterocycles.